The number of benzene rings is 1. The number of fused-ring (bicyclic) bond motifs is 1. The Hall–Kier alpha value is -2.07. The van der Waals surface area contributed by atoms with Crippen LogP contribution >= 0.6 is 11.6 Å². The van der Waals surface area contributed by atoms with E-state index in [0.29, 0.717) is 27.8 Å². The van der Waals surface area contributed by atoms with Crippen molar-refractivity contribution in [2.45, 2.75) is 0 Å². The molecule has 17 heavy (non-hydrogen) atoms. The molecule has 5 heteroatoms. The standard InChI is InChI=1S/C12H8ClN3O/c13-8-4-2-1-3-7(8)12-16-11-10(17-12)9(14)5-6-15-11/h1-6H,(H2,14,15). The summed E-state index contributed by atoms with van der Waals surface area (Å²) >= 11 is 6.07. The van der Waals surface area contributed by atoms with Gasteiger partial charge in [-0.05, 0) is 18.2 Å². The average Bonchev–Trinajstić information content (AvgIpc) is 2.75. The van der Waals surface area contributed by atoms with Crippen LogP contribution in [0, 0.1) is 0 Å². The summed E-state index contributed by atoms with van der Waals surface area (Å²) in [6.07, 6.45) is 1.59. The number of nitrogens with two attached hydrogens (primary N) is 1. The minimum atomic E-state index is 0.427. The highest BCUT2D eigenvalue weighted by atomic mass is 35.5. The van der Waals surface area contributed by atoms with Crippen LogP contribution in [0.3, 0.4) is 0 Å². The summed E-state index contributed by atoms with van der Waals surface area (Å²) in [5.41, 5.74) is 8.00. The molecule has 84 valence electrons. The second-order valence-electron chi connectivity index (χ2n) is 3.55. The Morgan fingerprint density at radius 2 is 2.00 bits per heavy atom. The molecule has 2 aromatic heterocycles. The van der Waals surface area contributed by atoms with Gasteiger partial charge in [0.25, 0.3) is 0 Å². The molecule has 0 amide bonds. The maximum atomic E-state index is 6.07. The molecule has 0 aliphatic rings. The molecule has 3 aromatic rings. The minimum absolute atomic E-state index is 0.427. The van der Waals surface area contributed by atoms with Crippen LogP contribution in [0.2, 0.25) is 5.02 Å². The Morgan fingerprint density at radius 1 is 1.18 bits per heavy atom. The van der Waals surface area contributed by atoms with Crippen molar-refractivity contribution in [3.8, 4) is 11.5 Å². The number of aromatic nitrogens is 2. The van der Waals surface area contributed by atoms with Gasteiger partial charge in [-0.2, -0.15) is 4.98 Å². The first-order valence-corrected chi connectivity index (χ1v) is 5.39. The molecule has 0 aliphatic heterocycles. The number of hydrogen-bond acceptors (Lipinski definition) is 4. The predicted octanol–water partition coefficient (Wildman–Crippen LogP) is 3.13. The Balaban J connectivity index is 2.26. The van der Waals surface area contributed by atoms with Gasteiger partial charge in [-0.3, -0.25) is 0 Å². The van der Waals surface area contributed by atoms with E-state index in [1.165, 1.54) is 0 Å². The van der Waals surface area contributed by atoms with E-state index >= 15 is 0 Å². The topological polar surface area (TPSA) is 64.9 Å². The van der Waals surface area contributed by atoms with Gasteiger partial charge in [0, 0.05) is 6.20 Å². The number of nitrogen functional groups attached to an aromatic ring is 1. The van der Waals surface area contributed by atoms with Crippen molar-refractivity contribution < 1.29 is 4.42 Å². The molecule has 0 radical (unpaired) electrons. The van der Waals surface area contributed by atoms with Crippen LogP contribution in [0.5, 0.6) is 0 Å². The Morgan fingerprint density at radius 3 is 2.76 bits per heavy atom. The van der Waals surface area contributed by atoms with Gasteiger partial charge in [0.2, 0.25) is 11.5 Å². The van der Waals surface area contributed by atoms with E-state index in [1.807, 2.05) is 18.2 Å². The lowest BCUT2D eigenvalue weighted by Crippen LogP contribution is -1.85. The van der Waals surface area contributed by atoms with Crippen molar-refractivity contribution in [3.63, 3.8) is 0 Å². The molecular formula is C12H8ClN3O. The summed E-state index contributed by atoms with van der Waals surface area (Å²) in [7, 11) is 0. The third-order valence-corrected chi connectivity index (χ3v) is 2.76. The molecule has 0 aliphatic carbocycles. The molecular weight excluding hydrogens is 238 g/mol. The lowest BCUT2D eigenvalue weighted by molar-refractivity contribution is 0.621. The number of rotatable bonds is 1. The predicted molar refractivity (Wildman–Crippen MR) is 66.7 cm³/mol. The number of hydrogen-bond donors (Lipinski definition) is 1. The number of anilines is 1. The quantitative estimate of drug-likeness (QED) is 0.715. The van der Waals surface area contributed by atoms with Crippen LogP contribution in [-0.4, -0.2) is 9.97 Å². The zero-order valence-corrected chi connectivity index (χ0v) is 9.48. The van der Waals surface area contributed by atoms with E-state index in [1.54, 1.807) is 18.3 Å². The van der Waals surface area contributed by atoms with E-state index < -0.39 is 0 Å². The Labute approximate surface area is 102 Å². The Bertz CT molecular complexity index is 693. The molecule has 0 atom stereocenters. The molecule has 2 heterocycles. The minimum Gasteiger partial charge on any atom is -0.432 e. The lowest BCUT2D eigenvalue weighted by Gasteiger charge is -1.96. The molecule has 0 spiro atoms. The van der Waals surface area contributed by atoms with Gasteiger partial charge in [0.1, 0.15) is 0 Å². The summed E-state index contributed by atoms with van der Waals surface area (Å²) in [5.74, 6) is 0.427. The molecule has 0 fully saturated rings. The summed E-state index contributed by atoms with van der Waals surface area (Å²) in [5, 5.41) is 0.581. The lowest BCUT2D eigenvalue weighted by atomic mass is 10.2. The molecule has 0 saturated carbocycles. The maximum Gasteiger partial charge on any atom is 0.230 e. The number of halogens is 1. The van der Waals surface area contributed by atoms with Gasteiger partial charge >= 0.3 is 0 Å². The molecule has 0 bridgehead atoms. The molecule has 3 rings (SSSR count). The highest BCUT2D eigenvalue weighted by molar-refractivity contribution is 6.33. The first kappa shape index (κ1) is 10.1. The molecule has 0 unspecified atom stereocenters. The van der Waals surface area contributed by atoms with Crippen LogP contribution in [0.4, 0.5) is 5.69 Å². The first-order chi connectivity index (χ1) is 8.25. The SMILES string of the molecule is Nc1ccnc2nc(-c3ccccc3Cl)oc12. The number of pyridine rings is 1. The van der Waals surface area contributed by atoms with E-state index in [0.717, 1.165) is 5.56 Å². The van der Waals surface area contributed by atoms with Gasteiger partial charge in [0.05, 0.1) is 16.3 Å². The largest absolute Gasteiger partial charge is 0.432 e. The fourth-order valence-electron chi connectivity index (χ4n) is 1.60. The zero-order chi connectivity index (χ0) is 11.8. The first-order valence-electron chi connectivity index (χ1n) is 5.01. The van der Waals surface area contributed by atoms with Crippen LogP contribution in [-0.2, 0) is 0 Å². The van der Waals surface area contributed by atoms with Gasteiger partial charge < -0.3 is 10.2 Å². The van der Waals surface area contributed by atoms with E-state index in [2.05, 4.69) is 9.97 Å². The third-order valence-electron chi connectivity index (χ3n) is 2.43. The van der Waals surface area contributed by atoms with Crippen molar-refractivity contribution in [1.82, 2.24) is 9.97 Å². The second kappa shape index (κ2) is 3.75. The highest BCUT2D eigenvalue weighted by Crippen LogP contribution is 2.30. The molecule has 0 saturated heterocycles. The van der Waals surface area contributed by atoms with Crippen molar-refractivity contribution in [2.75, 3.05) is 5.73 Å². The highest BCUT2D eigenvalue weighted by Gasteiger charge is 2.13. The van der Waals surface area contributed by atoms with Crippen LogP contribution < -0.4 is 5.73 Å². The summed E-state index contributed by atoms with van der Waals surface area (Å²) < 4.78 is 5.58. The van der Waals surface area contributed by atoms with E-state index in [4.69, 9.17) is 21.8 Å². The van der Waals surface area contributed by atoms with Crippen molar-refractivity contribution in [3.05, 3.63) is 41.6 Å². The van der Waals surface area contributed by atoms with Crippen molar-refractivity contribution >= 4 is 28.5 Å². The molecule has 2 N–H and O–H groups in total. The monoisotopic (exact) mass is 245 g/mol. The average molecular weight is 246 g/mol. The van der Waals surface area contributed by atoms with Crippen LogP contribution in [0.1, 0.15) is 0 Å². The van der Waals surface area contributed by atoms with Crippen molar-refractivity contribution in [1.29, 1.82) is 0 Å². The van der Waals surface area contributed by atoms with Crippen molar-refractivity contribution in [2.24, 2.45) is 0 Å². The van der Waals surface area contributed by atoms with E-state index in [9.17, 15) is 0 Å². The van der Waals surface area contributed by atoms with Crippen LogP contribution in [0.15, 0.2) is 40.9 Å². The zero-order valence-electron chi connectivity index (χ0n) is 8.72. The Kier molecular flexibility index (Phi) is 2.23. The molecule has 1 aromatic carbocycles. The van der Waals surface area contributed by atoms with Gasteiger partial charge in [0.15, 0.2) is 5.58 Å². The normalized spacial score (nSPS) is 10.9. The fraction of sp³-hybridized carbons (Fsp3) is 0. The van der Waals surface area contributed by atoms with Gasteiger partial charge in [-0.25, -0.2) is 4.98 Å². The molecule has 4 nitrogen and oxygen atoms in total. The second-order valence-corrected chi connectivity index (χ2v) is 3.96. The summed E-state index contributed by atoms with van der Waals surface area (Å²) in [4.78, 5) is 8.35. The summed E-state index contributed by atoms with van der Waals surface area (Å²) in [6.45, 7) is 0. The third kappa shape index (κ3) is 1.62. The van der Waals surface area contributed by atoms with Crippen LogP contribution in [0.25, 0.3) is 22.7 Å². The number of nitrogens with zero attached hydrogens (tertiary/aromatic N) is 2. The van der Waals surface area contributed by atoms with Gasteiger partial charge in [-0.15, -0.1) is 0 Å². The van der Waals surface area contributed by atoms with Gasteiger partial charge in [-0.1, -0.05) is 23.7 Å². The summed E-state index contributed by atoms with van der Waals surface area (Å²) in [6, 6.07) is 9.00. The fourth-order valence-corrected chi connectivity index (χ4v) is 1.82. The van der Waals surface area contributed by atoms with E-state index in [-0.39, 0.29) is 0 Å². The maximum absolute atomic E-state index is 6.07. The smallest absolute Gasteiger partial charge is 0.230 e. The number of oxazole rings is 1.